The van der Waals surface area contributed by atoms with E-state index in [2.05, 4.69) is 48.6 Å². The van der Waals surface area contributed by atoms with Crippen LogP contribution in [0.4, 0.5) is 0 Å². The lowest BCUT2D eigenvalue weighted by Gasteiger charge is -2.24. The molecule has 2 heteroatoms. The van der Waals surface area contributed by atoms with Crippen molar-refractivity contribution in [2.45, 2.75) is 4.08 Å². The molecule has 0 atom stereocenters. The maximum absolute atomic E-state index is 3.44. The Labute approximate surface area is 124 Å². The van der Waals surface area contributed by atoms with Crippen LogP contribution >= 0.6 is 23.5 Å². The summed E-state index contributed by atoms with van der Waals surface area (Å²) < 4.78 is -0.197. The molecule has 0 bridgehead atoms. The van der Waals surface area contributed by atoms with E-state index in [-0.39, 0.29) is 4.08 Å². The van der Waals surface area contributed by atoms with Gasteiger partial charge in [-0.05, 0) is 30.2 Å². The van der Waals surface area contributed by atoms with E-state index < -0.39 is 0 Å². The molecule has 2 rings (SSSR count). The van der Waals surface area contributed by atoms with Crippen LogP contribution in [0.2, 0.25) is 0 Å². The van der Waals surface area contributed by atoms with Crippen LogP contribution < -0.4 is 0 Å². The lowest BCUT2D eigenvalue weighted by Crippen LogP contribution is -2.14. The van der Waals surface area contributed by atoms with Gasteiger partial charge >= 0.3 is 0 Å². The quantitative estimate of drug-likeness (QED) is 0.596. The van der Waals surface area contributed by atoms with Crippen LogP contribution in [-0.4, -0.2) is 12.5 Å². The molecule has 2 aromatic carbocycles. The van der Waals surface area contributed by atoms with Crippen molar-refractivity contribution in [1.29, 1.82) is 0 Å². The minimum absolute atomic E-state index is 0.197. The summed E-state index contributed by atoms with van der Waals surface area (Å²) in [5, 5.41) is 0. The van der Waals surface area contributed by atoms with Crippen LogP contribution in [0.1, 0.15) is 11.1 Å². The summed E-state index contributed by atoms with van der Waals surface area (Å²) in [5.74, 6) is 6.74. The largest absolute Gasteiger partial charge is 0.147 e. The highest BCUT2D eigenvalue weighted by Gasteiger charge is 2.27. The molecule has 0 unspecified atom stereocenters. The number of benzene rings is 2. The highest BCUT2D eigenvalue weighted by atomic mass is 32.2. The van der Waals surface area contributed by atoms with E-state index in [9.17, 15) is 0 Å². The lowest BCUT2D eigenvalue weighted by molar-refractivity contribution is 1.19. The molecule has 0 spiro atoms. The second-order valence-corrected chi connectivity index (χ2v) is 6.31. The standard InChI is InChI=1S/C17H16S2/c1-18-17(19-2,16-11-7-4-8-12-16)14-13-15-9-5-3-6-10-15/h3-12H,1-2H3. The van der Waals surface area contributed by atoms with Gasteiger partial charge < -0.3 is 0 Å². The third-order valence-electron chi connectivity index (χ3n) is 2.87. The van der Waals surface area contributed by atoms with Crippen LogP contribution in [0.3, 0.4) is 0 Å². The van der Waals surface area contributed by atoms with E-state index in [1.807, 2.05) is 36.4 Å². The van der Waals surface area contributed by atoms with Gasteiger partial charge in [-0.25, -0.2) is 0 Å². The summed E-state index contributed by atoms with van der Waals surface area (Å²) >= 11 is 3.56. The highest BCUT2D eigenvalue weighted by Crippen LogP contribution is 2.43. The van der Waals surface area contributed by atoms with Crippen molar-refractivity contribution in [2.75, 3.05) is 12.5 Å². The Bertz CT molecular complexity index is 560. The molecule has 0 saturated carbocycles. The molecule has 0 N–H and O–H groups in total. The minimum atomic E-state index is -0.197. The zero-order chi connectivity index (χ0) is 13.6. The van der Waals surface area contributed by atoms with Crippen molar-refractivity contribution in [1.82, 2.24) is 0 Å². The topological polar surface area (TPSA) is 0 Å². The molecule has 96 valence electrons. The first-order valence-corrected chi connectivity index (χ1v) is 8.50. The Morgan fingerprint density at radius 3 is 1.84 bits per heavy atom. The predicted octanol–water partition coefficient (Wildman–Crippen LogP) is 4.62. The molecule has 2 aromatic rings. The molecule has 19 heavy (non-hydrogen) atoms. The van der Waals surface area contributed by atoms with E-state index >= 15 is 0 Å². The van der Waals surface area contributed by atoms with Crippen LogP contribution in [-0.2, 0) is 4.08 Å². The first kappa shape index (κ1) is 14.1. The average molecular weight is 284 g/mol. The normalized spacial score (nSPS) is 10.6. The van der Waals surface area contributed by atoms with Gasteiger partial charge in [-0.2, -0.15) is 0 Å². The molecule has 0 radical (unpaired) electrons. The van der Waals surface area contributed by atoms with Gasteiger partial charge in [0.25, 0.3) is 0 Å². The molecule has 0 nitrogen and oxygen atoms in total. The highest BCUT2D eigenvalue weighted by molar-refractivity contribution is 8.17. The van der Waals surface area contributed by atoms with E-state index in [4.69, 9.17) is 0 Å². The minimum Gasteiger partial charge on any atom is -0.130 e. The Kier molecular flexibility index (Phi) is 5.01. The fourth-order valence-electron chi connectivity index (χ4n) is 1.83. The molecule has 0 heterocycles. The van der Waals surface area contributed by atoms with Crippen molar-refractivity contribution in [2.24, 2.45) is 0 Å². The lowest BCUT2D eigenvalue weighted by atomic mass is 10.1. The van der Waals surface area contributed by atoms with Gasteiger partial charge in [-0.1, -0.05) is 60.4 Å². The first-order chi connectivity index (χ1) is 9.30. The van der Waals surface area contributed by atoms with E-state index in [0.717, 1.165) is 5.56 Å². The SMILES string of the molecule is CSC(C#Cc1ccccc1)(SC)c1ccccc1. The predicted molar refractivity (Wildman–Crippen MR) is 88.5 cm³/mol. The van der Waals surface area contributed by atoms with Crippen molar-refractivity contribution in [3.8, 4) is 11.8 Å². The van der Waals surface area contributed by atoms with E-state index in [1.165, 1.54) is 5.56 Å². The van der Waals surface area contributed by atoms with Gasteiger partial charge in [0.1, 0.15) is 4.08 Å². The van der Waals surface area contributed by atoms with Gasteiger partial charge in [0.05, 0.1) is 0 Å². The molecule has 0 aliphatic carbocycles. The zero-order valence-corrected chi connectivity index (χ0v) is 12.7. The molecule has 0 fully saturated rings. The van der Waals surface area contributed by atoms with Gasteiger partial charge in [0.2, 0.25) is 0 Å². The van der Waals surface area contributed by atoms with Crippen LogP contribution in [0, 0.1) is 11.8 Å². The molecule has 0 aliphatic rings. The Morgan fingerprint density at radius 2 is 1.32 bits per heavy atom. The monoisotopic (exact) mass is 284 g/mol. The molecule has 0 saturated heterocycles. The van der Waals surface area contributed by atoms with Gasteiger partial charge in [-0.15, -0.1) is 23.5 Å². The molecule has 0 aromatic heterocycles. The number of hydrogen-bond donors (Lipinski definition) is 0. The van der Waals surface area contributed by atoms with Gasteiger partial charge in [-0.3, -0.25) is 0 Å². The van der Waals surface area contributed by atoms with Crippen molar-refractivity contribution < 1.29 is 0 Å². The summed E-state index contributed by atoms with van der Waals surface area (Å²) in [6, 6.07) is 20.6. The summed E-state index contributed by atoms with van der Waals surface area (Å²) in [4.78, 5) is 0. The number of hydrogen-bond acceptors (Lipinski definition) is 2. The average Bonchev–Trinajstić information content (AvgIpc) is 2.51. The number of thioether (sulfide) groups is 2. The van der Waals surface area contributed by atoms with E-state index in [0.29, 0.717) is 0 Å². The zero-order valence-electron chi connectivity index (χ0n) is 11.1. The van der Waals surface area contributed by atoms with Gasteiger partial charge in [0.15, 0.2) is 0 Å². The second-order valence-electron chi connectivity index (χ2n) is 4.01. The molecular weight excluding hydrogens is 268 g/mol. The van der Waals surface area contributed by atoms with Gasteiger partial charge in [0, 0.05) is 5.56 Å². The Hall–Kier alpha value is -1.30. The molecule has 0 aliphatic heterocycles. The maximum Gasteiger partial charge on any atom is 0.147 e. The number of rotatable bonds is 3. The van der Waals surface area contributed by atoms with Crippen LogP contribution in [0.15, 0.2) is 60.7 Å². The third-order valence-corrected chi connectivity index (χ3v) is 5.70. The van der Waals surface area contributed by atoms with Crippen molar-refractivity contribution >= 4 is 23.5 Å². The summed E-state index contributed by atoms with van der Waals surface area (Å²) in [6.07, 6.45) is 4.23. The van der Waals surface area contributed by atoms with Crippen molar-refractivity contribution in [3.05, 3.63) is 71.8 Å². The Morgan fingerprint density at radius 1 is 0.789 bits per heavy atom. The first-order valence-electron chi connectivity index (χ1n) is 6.05. The second kappa shape index (κ2) is 6.75. The fourth-order valence-corrected chi connectivity index (χ4v) is 3.54. The summed E-state index contributed by atoms with van der Waals surface area (Å²) in [6.45, 7) is 0. The fraction of sp³-hybridized carbons (Fsp3) is 0.176. The summed E-state index contributed by atoms with van der Waals surface area (Å²) in [7, 11) is 0. The molecule has 0 amide bonds. The van der Waals surface area contributed by atoms with Crippen LogP contribution in [0.5, 0.6) is 0 Å². The summed E-state index contributed by atoms with van der Waals surface area (Å²) in [5.41, 5.74) is 2.31. The Balaban J connectivity index is 2.39. The smallest absolute Gasteiger partial charge is 0.130 e. The third kappa shape index (κ3) is 3.37. The van der Waals surface area contributed by atoms with E-state index in [1.54, 1.807) is 23.5 Å². The maximum atomic E-state index is 3.44. The molecular formula is C17H16S2. The van der Waals surface area contributed by atoms with Crippen LogP contribution in [0.25, 0.3) is 0 Å². The van der Waals surface area contributed by atoms with Crippen molar-refractivity contribution in [3.63, 3.8) is 0 Å².